The Morgan fingerprint density at radius 2 is 1.67 bits per heavy atom. The fourth-order valence-electron chi connectivity index (χ4n) is 1.10. The van der Waals surface area contributed by atoms with E-state index < -0.39 is 43.0 Å². The van der Waals surface area contributed by atoms with Gasteiger partial charge in [0.1, 0.15) is 18.3 Å². The van der Waals surface area contributed by atoms with E-state index >= 15 is 0 Å². The molecule has 116 valence electrons. The fraction of sp³-hybridized carbons (Fsp3) is 0.500. The fourth-order valence-corrected chi connectivity index (χ4v) is 1.10. The molecule has 0 aliphatic carbocycles. The Hall–Kier alpha value is 0.0564. The zero-order chi connectivity index (χ0) is 15.7. The van der Waals surface area contributed by atoms with Gasteiger partial charge in [0.25, 0.3) is 0 Å². The Morgan fingerprint density at radius 1 is 1.10 bits per heavy atom. The molecular formula is C12H19KO8. The molecule has 0 unspecified atom stereocenters. The molecule has 0 spiro atoms. The van der Waals surface area contributed by atoms with Crippen molar-refractivity contribution in [2.45, 2.75) is 31.3 Å². The van der Waals surface area contributed by atoms with Crippen LogP contribution in [0.25, 0.3) is 0 Å². The number of allylic oxidation sites excluding steroid dienone is 3. The second-order valence-electron chi connectivity index (χ2n) is 3.80. The third-order valence-electron chi connectivity index (χ3n) is 2.23. The van der Waals surface area contributed by atoms with E-state index in [-0.39, 0.29) is 51.4 Å². The molecule has 0 bridgehead atoms. The number of hydrogen-bond donors (Lipinski definition) is 5. The number of aliphatic hydroxyl groups excluding tert-OH is 5. The number of aliphatic hydroxyl groups is 5. The molecule has 0 aromatic heterocycles. The van der Waals surface area contributed by atoms with Gasteiger partial charge in [-0.05, 0) is 6.92 Å². The second kappa shape index (κ2) is 12.6. The van der Waals surface area contributed by atoms with E-state index in [0.717, 1.165) is 6.08 Å². The van der Waals surface area contributed by atoms with Crippen LogP contribution in [0.2, 0.25) is 0 Å². The second-order valence-corrected chi connectivity index (χ2v) is 3.80. The van der Waals surface area contributed by atoms with Crippen LogP contribution in [0.3, 0.4) is 0 Å². The summed E-state index contributed by atoms with van der Waals surface area (Å²) in [7, 11) is 0. The minimum absolute atomic E-state index is 0. The summed E-state index contributed by atoms with van der Waals surface area (Å²) in [5, 5.41) is 45.6. The number of ether oxygens (including phenoxy) is 1. The number of rotatable bonds is 7. The number of carbonyl (C=O) groups excluding carboxylic acids is 2. The Labute approximate surface area is 164 Å². The first-order valence-electron chi connectivity index (χ1n) is 5.73. The van der Waals surface area contributed by atoms with Crippen molar-refractivity contribution in [3.63, 3.8) is 0 Å². The van der Waals surface area contributed by atoms with Crippen LogP contribution in [0, 0.1) is 0 Å². The van der Waals surface area contributed by atoms with Crippen LogP contribution in [0.1, 0.15) is 6.92 Å². The molecule has 5 N–H and O–H groups in total. The van der Waals surface area contributed by atoms with Gasteiger partial charge >= 0.3 is 63.3 Å². The molecule has 0 aromatic rings. The number of carbonyl (C=O) groups is 2. The molecule has 8 nitrogen and oxygen atoms in total. The van der Waals surface area contributed by atoms with Gasteiger partial charge in [-0.2, -0.15) is 0 Å². The van der Waals surface area contributed by atoms with E-state index in [2.05, 4.69) is 4.74 Å². The molecule has 0 fully saturated rings. The van der Waals surface area contributed by atoms with Gasteiger partial charge in [0.2, 0.25) is 0 Å². The van der Waals surface area contributed by atoms with Gasteiger partial charge in [0.05, 0.1) is 6.61 Å². The topological polar surface area (TPSA) is 145 Å². The Kier molecular flexibility index (Phi) is 14.0. The summed E-state index contributed by atoms with van der Waals surface area (Å²) in [5.41, 5.74) is 0. The van der Waals surface area contributed by atoms with Crippen molar-refractivity contribution in [3.05, 3.63) is 24.3 Å². The maximum atomic E-state index is 11.3. The van der Waals surface area contributed by atoms with Crippen LogP contribution in [0.5, 0.6) is 0 Å². The molecule has 0 saturated heterocycles. The van der Waals surface area contributed by atoms with Gasteiger partial charge in [-0.3, -0.25) is 0 Å². The zero-order valence-electron chi connectivity index (χ0n) is 10.8. The van der Waals surface area contributed by atoms with Crippen molar-refractivity contribution in [2.24, 2.45) is 0 Å². The van der Waals surface area contributed by atoms with E-state index in [1.54, 1.807) is 13.0 Å². The molecule has 0 aromatic carbocycles. The van der Waals surface area contributed by atoms with Gasteiger partial charge in [0, 0.05) is 6.08 Å². The van der Waals surface area contributed by atoms with Gasteiger partial charge in [-0.25, -0.2) is 9.59 Å². The van der Waals surface area contributed by atoms with Crippen LogP contribution in [0.15, 0.2) is 24.3 Å². The third-order valence-corrected chi connectivity index (χ3v) is 2.23. The predicted octanol–water partition coefficient (Wildman–Crippen LogP) is -3.02. The van der Waals surface area contributed by atoms with Crippen LogP contribution >= 0.6 is 0 Å². The Bertz CT molecular complexity index is 381. The summed E-state index contributed by atoms with van der Waals surface area (Å²) in [6.45, 7) is 0.819. The molecule has 0 aliphatic rings. The molecule has 0 heterocycles. The average molecular weight is 330 g/mol. The molecule has 0 aliphatic heterocycles. The Morgan fingerprint density at radius 3 is 2.14 bits per heavy atom. The van der Waals surface area contributed by atoms with Crippen molar-refractivity contribution < 1.29 is 39.9 Å². The van der Waals surface area contributed by atoms with Gasteiger partial charge < -0.3 is 30.3 Å². The Balaban J connectivity index is 0. The molecule has 21 heavy (non-hydrogen) atoms. The minimum atomic E-state index is -2.25. The van der Waals surface area contributed by atoms with Crippen molar-refractivity contribution in [1.29, 1.82) is 0 Å². The SMILES string of the molecule is C/C=C/C=C/C(=O)OC(=O)[C@H](O)[C@@H](O)[C@H](O)[C@H](O)CO.[KH]. The van der Waals surface area contributed by atoms with Crippen molar-refractivity contribution >= 4 is 63.3 Å². The monoisotopic (exact) mass is 330 g/mol. The molecule has 0 amide bonds. The molecule has 0 rings (SSSR count). The quantitative estimate of drug-likeness (QED) is 0.109. The first-order chi connectivity index (χ1) is 9.34. The van der Waals surface area contributed by atoms with Gasteiger partial charge in [-0.15, -0.1) is 0 Å². The molecule has 0 saturated carbocycles. The standard InChI is InChI=1S/C12H18O8.K.H/c1-2-3-4-5-8(15)20-12(19)11(18)10(17)9(16)7(14)6-13;;/h2-5,7,9-11,13-14,16-18H,6H2,1H3;;/b3-2+,5-4+;;/t7-,9-,10+,11-;;/m1../s1. The van der Waals surface area contributed by atoms with Crippen LogP contribution in [-0.2, 0) is 14.3 Å². The molecule has 0 radical (unpaired) electrons. The molecular weight excluding hydrogens is 311 g/mol. The number of hydrogen-bond acceptors (Lipinski definition) is 8. The molecule has 4 atom stereocenters. The summed E-state index contributed by atoms with van der Waals surface area (Å²) >= 11 is 0. The summed E-state index contributed by atoms with van der Waals surface area (Å²) in [5.74, 6) is -2.56. The van der Waals surface area contributed by atoms with Gasteiger partial charge in [0.15, 0.2) is 6.10 Å². The summed E-state index contributed by atoms with van der Waals surface area (Å²) in [4.78, 5) is 22.4. The first-order valence-corrected chi connectivity index (χ1v) is 5.73. The maximum absolute atomic E-state index is 11.3. The summed E-state index contributed by atoms with van der Waals surface area (Å²) < 4.78 is 4.18. The van der Waals surface area contributed by atoms with E-state index in [9.17, 15) is 24.9 Å². The third kappa shape index (κ3) is 8.93. The number of esters is 2. The van der Waals surface area contributed by atoms with Crippen molar-refractivity contribution in [2.75, 3.05) is 6.61 Å². The van der Waals surface area contributed by atoms with Crippen molar-refractivity contribution in [1.82, 2.24) is 0 Å². The molecule has 9 heteroatoms. The van der Waals surface area contributed by atoms with Crippen LogP contribution < -0.4 is 0 Å². The first kappa shape index (κ1) is 23.3. The van der Waals surface area contributed by atoms with Gasteiger partial charge in [-0.1, -0.05) is 18.2 Å². The normalized spacial score (nSPS) is 17.0. The van der Waals surface area contributed by atoms with Crippen LogP contribution in [0.4, 0.5) is 0 Å². The average Bonchev–Trinajstić information content (AvgIpc) is 2.44. The van der Waals surface area contributed by atoms with Crippen LogP contribution in [-0.4, -0.2) is 120 Å². The van der Waals surface area contributed by atoms with E-state index in [4.69, 9.17) is 10.2 Å². The van der Waals surface area contributed by atoms with Crippen molar-refractivity contribution in [3.8, 4) is 0 Å². The predicted molar refractivity (Wildman–Crippen MR) is 73.3 cm³/mol. The van der Waals surface area contributed by atoms with E-state index in [0.29, 0.717) is 0 Å². The zero-order valence-corrected chi connectivity index (χ0v) is 10.8. The summed E-state index contributed by atoms with van der Waals surface area (Å²) in [6, 6.07) is 0. The van der Waals surface area contributed by atoms with E-state index in [1.165, 1.54) is 12.2 Å². The summed E-state index contributed by atoms with van der Waals surface area (Å²) in [6.07, 6.45) is -2.76. The van der Waals surface area contributed by atoms with E-state index in [1.807, 2.05) is 0 Å².